The molecule has 1 aliphatic heterocycles. The molecular formula is C15H24N2O2. The average Bonchev–Trinajstić information content (AvgIpc) is 3.23. The average molecular weight is 264 g/mol. The highest BCUT2D eigenvalue weighted by Gasteiger charge is 2.44. The van der Waals surface area contributed by atoms with Crippen LogP contribution >= 0.6 is 0 Å². The lowest BCUT2D eigenvalue weighted by Gasteiger charge is -2.27. The van der Waals surface area contributed by atoms with Gasteiger partial charge in [0.1, 0.15) is 0 Å². The number of hydrogen-bond donors (Lipinski definition) is 0. The number of likely N-dealkylation sites (tertiary alicyclic amines) is 1. The van der Waals surface area contributed by atoms with Gasteiger partial charge in [-0.05, 0) is 31.6 Å². The Labute approximate surface area is 115 Å². The first-order valence-electron chi connectivity index (χ1n) is 7.66. The van der Waals surface area contributed by atoms with Gasteiger partial charge in [0.25, 0.3) is 0 Å². The first-order valence-corrected chi connectivity index (χ1v) is 7.66. The Bertz CT molecular complexity index is 386. The van der Waals surface area contributed by atoms with Crippen molar-refractivity contribution in [3.05, 3.63) is 0 Å². The molecule has 4 nitrogen and oxygen atoms in total. The zero-order valence-corrected chi connectivity index (χ0v) is 12.0. The van der Waals surface area contributed by atoms with Crippen LogP contribution in [0.1, 0.15) is 46.0 Å². The Morgan fingerprint density at radius 3 is 2.53 bits per heavy atom. The second-order valence-electron chi connectivity index (χ2n) is 6.79. The molecule has 2 saturated carbocycles. The van der Waals surface area contributed by atoms with E-state index >= 15 is 0 Å². The minimum Gasteiger partial charge on any atom is -0.339 e. The van der Waals surface area contributed by atoms with Gasteiger partial charge in [0.2, 0.25) is 11.8 Å². The van der Waals surface area contributed by atoms with E-state index in [0.717, 1.165) is 32.2 Å². The lowest BCUT2D eigenvalue weighted by atomic mass is 10.1. The number of carbonyl (C=O) groups is 2. The predicted octanol–water partition coefficient (Wildman–Crippen LogP) is 1.64. The van der Waals surface area contributed by atoms with Crippen LogP contribution in [0.25, 0.3) is 0 Å². The molecule has 3 aliphatic rings. The highest BCUT2D eigenvalue weighted by atomic mass is 16.2. The summed E-state index contributed by atoms with van der Waals surface area (Å²) in [4.78, 5) is 28.6. The third-order valence-electron chi connectivity index (χ3n) is 4.33. The molecule has 1 atom stereocenters. The largest absolute Gasteiger partial charge is 0.339 e. The van der Waals surface area contributed by atoms with Crippen LogP contribution in [-0.2, 0) is 9.59 Å². The van der Waals surface area contributed by atoms with E-state index in [1.807, 2.05) is 4.90 Å². The summed E-state index contributed by atoms with van der Waals surface area (Å²) in [6.45, 7) is 5.82. The molecule has 0 radical (unpaired) electrons. The molecule has 0 aromatic rings. The molecule has 19 heavy (non-hydrogen) atoms. The molecule has 2 aliphatic carbocycles. The topological polar surface area (TPSA) is 40.6 Å². The van der Waals surface area contributed by atoms with Gasteiger partial charge in [0.15, 0.2) is 0 Å². The van der Waals surface area contributed by atoms with Gasteiger partial charge in [-0.15, -0.1) is 0 Å². The Morgan fingerprint density at radius 2 is 2.00 bits per heavy atom. The van der Waals surface area contributed by atoms with Crippen molar-refractivity contribution >= 4 is 11.8 Å². The molecule has 0 aromatic heterocycles. The van der Waals surface area contributed by atoms with Crippen LogP contribution in [0.4, 0.5) is 0 Å². The van der Waals surface area contributed by atoms with Crippen LogP contribution in [0.2, 0.25) is 0 Å². The fourth-order valence-electron chi connectivity index (χ4n) is 3.07. The molecule has 3 fully saturated rings. The van der Waals surface area contributed by atoms with Gasteiger partial charge in [-0.3, -0.25) is 9.59 Å². The Hall–Kier alpha value is -1.06. The number of rotatable bonds is 5. The molecule has 1 heterocycles. The third kappa shape index (κ3) is 2.77. The van der Waals surface area contributed by atoms with Crippen LogP contribution in [0.15, 0.2) is 0 Å². The fourth-order valence-corrected chi connectivity index (χ4v) is 3.07. The van der Waals surface area contributed by atoms with Crippen molar-refractivity contribution in [3.8, 4) is 0 Å². The minimum absolute atomic E-state index is 0.0764. The normalized spacial score (nSPS) is 27.2. The van der Waals surface area contributed by atoms with E-state index in [-0.39, 0.29) is 17.7 Å². The maximum atomic E-state index is 12.6. The van der Waals surface area contributed by atoms with E-state index in [0.29, 0.717) is 31.0 Å². The first kappa shape index (κ1) is 12.9. The van der Waals surface area contributed by atoms with E-state index in [1.54, 1.807) is 0 Å². The summed E-state index contributed by atoms with van der Waals surface area (Å²) < 4.78 is 0. The van der Waals surface area contributed by atoms with Gasteiger partial charge in [0.05, 0.1) is 5.92 Å². The molecule has 0 bridgehead atoms. The maximum absolute atomic E-state index is 12.6. The van der Waals surface area contributed by atoms with Crippen LogP contribution in [-0.4, -0.2) is 46.8 Å². The Kier molecular flexibility index (Phi) is 3.27. The first-order chi connectivity index (χ1) is 9.06. The Morgan fingerprint density at radius 1 is 1.32 bits per heavy atom. The van der Waals surface area contributed by atoms with Crippen molar-refractivity contribution in [2.24, 2.45) is 11.8 Å². The monoisotopic (exact) mass is 264 g/mol. The van der Waals surface area contributed by atoms with Gasteiger partial charge in [0, 0.05) is 31.6 Å². The predicted molar refractivity (Wildman–Crippen MR) is 72.4 cm³/mol. The SMILES string of the molecule is CC(C)CN(C(=O)C1CC(=O)N(C2CC2)C1)C1CC1. The molecule has 1 saturated heterocycles. The zero-order valence-electron chi connectivity index (χ0n) is 12.0. The number of amides is 2. The fraction of sp³-hybridized carbons (Fsp3) is 0.867. The van der Waals surface area contributed by atoms with E-state index < -0.39 is 0 Å². The van der Waals surface area contributed by atoms with Crippen molar-refractivity contribution in [1.29, 1.82) is 0 Å². The number of nitrogens with zero attached hydrogens (tertiary/aromatic N) is 2. The van der Waals surface area contributed by atoms with Crippen molar-refractivity contribution in [1.82, 2.24) is 9.80 Å². The van der Waals surface area contributed by atoms with Gasteiger partial charge >= 0.3 is 0 Å². The van der Waals surface area contributed by atoms with Gasteiger partial charge in [-0.25, -0.2) is 0 Å². The quantitative estimate of drug-likeness (QED) is 0.757. The molecule has 0 spiro atoms. The molecule has 3 rings (SSSR count). The third-order valence-corrected chi connectivity index (χ3v) is 4.33. The molecule has 4 heteroatoms. The second-order valence-corrected chi connectivity index (χ2v) is 6.79. The van der Waals surface area contributed by atoms with Gasteiger partial charge < -0.3 is 9.80 Å². The molecule has 0 N–H and O–H groups in total. The van der Waals surface area contributed by atoms with Gasteiger partial charge in [-0.1, -0.05) is 13.8 Å². The van der Waals surface area contributed by atoms with Crippen LogP contribution in [0.3, 0.4) is 0 Å². The van der Waals surface area contributed by atoms with Crippen molar-refractivity contribution < 1.29 is 9.59 Å². The van der Waals surface area contributed by atoms with E-state index in [4.69, 9.17) is 0 Å². The lowest BCUT2D eigenvalue weighted by Crippen LogP contribution is -2.41. The lowest BCUT2D eigenvalue weighted by molar-refractivity contribution is -0.137. The van der Waals surface area contributed by atoms with Crippen molar-refractivity contribution in [3.63, 3.8) is 0 Å². The Balaban J connectivity index is 1.63. The van der Waals surface area contributed by atoms with E-state index in [2.05, 4.69) is 18.7 Å². The van der Waals surface area contributed by atoms with Gasteiger partial charge in [-0.2, -0.15) is 0 Å². The number of carbonyl (C=O) groups excluding carboxylic acids is 2. The summed E-state index contributed by atoms with van der Waals surface area (Å²) in [5, 5.41) is 0. The smallest absolute Gasteiger partial charge is 0.228 e. The summed E-state index contributed by atoms with van der Waals surface area (Å²) in [5.41, 5.74) is 0. The second kappa shape index (κ2) is 4.80. The van der Waals surface area contributed by atoms with E-state index in [9.17, 15) is 9.59 Å². The molecule has 0 aromatic carbocycles. The minimum atomic E-state index is -0.0764. The van der Waals surface area contributed by atoms with E-state index in [1.165, 1.54) is 0 Å². The zero-order chi connectivity index (χ0) is 13.6. The highest BCUT2D eigenvalue weighted by molar-refractivity contribution is 5.89. The number of hydrogen-bond acceptors (Lipinski definition) is 2. The maximum Gasteiger partial charge on any atom is 0.228 e. The molecule has 106 valence electrons. The highest BCUT2D eigenvalue weighted by Crippen LogP contribution is 2.35. The van der Waals surface area contributed by atoms with Crippen molar-refractivity contribution in [2.45, 2.75) is 58.0 Å². The van der Waals surface area contributed by atoms with Crippen molar-refractivity contribution in [2.75, 3.05) is 13.1 Å². The molecule has 1 unspecified atom stereocenters. The van der Waals surface area contributed by atoms with Crippen LogP contribution < -0.4 is 0 Å². The summed E-state index contributed by atoms with van der Waals surface area (Å²) in [7, 11) is 0. The summed E-state index contributed by atoms with van der Waals surface area (Å²) in [6, 6.07) is 0.907. The summed E-state index contributed by atoms with van der Waals surface area (Å²) in [6.07, 6.45) is 4.99. The summed E-state index contributed by atoms with van der Waals surface area (Å²) in [5.74, 6) is 0.850. The standard InChI is InChI=1S/C15H24N2O2/c1-10(2)8-17(13-5-6-13)15(19)11-7-14(18)16(9-11)12-3-4-12/h10-13H,3-9H2,1-2H3. The molecule has 2 amide bonds. The van der Waals surface area contributed by atoms with Crippen LogP contribution in [0, 0.1) is 11.8 Å². The van der Waals surface area contributed by atoms with Crippen LogP contribution in [0.5, 0.6) is 0 Å². The summed E-state index contributed by atoms with van der Waals surface area (Å²) >= 11 is 0. The molecular weight excluding hydrogens is 240 g/mol.